The van der Waals surface area contributed by atoms with Gasteiger partial charge in [-0.05, 0) is 55.7 Å². The molecule has 0 aliphatic carbocycles. The Morgan fingerprint density at radius 2 is 1.89 bits per heavy atom. The highest BCUT2D eigenvalue weighted by Crippen LogP contribution is 2.33. The number of ether oxygens (including phenoxy) is 2. The molecular formula is C26H34N2O8S. The van der Waals surface area contributed by atoms with E-state index in [4.69, 9.17) is 18.8 Å². The number of aliphatic hydroxyl groups excluding tert-OH is 2. The second kappa shape index (κ2) is 12.3. The van der Waals surface area contributed by atoms with Crippen LogP contribution in [-0.4, -0.2) is 79.5 Å². The summed E-state index contributed by atoms with van der Waals surface area (Å²) in [6.07, 6.45) is 1.24. The molecular weight excluding hydrogens is 500 g/mol. The van der Waals surface area contributed by atoms with Crippen LogP contribution in [0.15, 0.2) is 36.4 Å². The minimum absolute atomic E-state index is 0.0476. The molecule has 2 N–H and O–H groups in total. The zero-order valence-electron chi connectivity index (χ0n) is 20.9. The predicted octanol–water partition coefficient (Wildman–Crippen LogP) is 2.18. The molecule has 1 atom stereocenters. The van der Waals surface area contributed by atoms with Gasteiger partial charge in [-0.1, -0.05) is 24.3 Å². The number of aryl methyl sites for hydroxylation is 1. The van der Waals surface area contributed by atoms with Crippen LogP contribution in [0.5, 0.6) is 5.88 Å². The molecule has 2 fully saturated rings. The van der Waals surface area contributed by atoms with Gasteiger partial charge >= 0.3 is 16.3 Å². The van der Waals surface area contributed by atoms with Crippen molar-refractivity contribution < 1.29 is 37.1 Å². The van der Waals surface area contributed by atoms with Crippen LogP contribution in [0.3, 0.4) is 0 Å². The van der Waals surface area contributed by atoms with Gasteiger partial charge in [0.25, 0.3) is 0 Å². The molecule has 37 heavy (non-hydrogen) atoms. The molecule has 10 nitrogen and oxygen atoms in total. The highest BCUT2D eigenvalue weighted by atomic mass is 32.2. The SMILES string of the molecule is Cc1cc(C2CCN(S(=O)(=O)OC(=O)C3CCOCC3)CC2)ccc1-c1cccc(OC[C@@H](O)CO)n1. The van der Waals surface area contributed by atoms with Gasteiger partial charge in [-0.3, -0.25) is 4.79 Å². The molecule has 1 aromatic heterocycles. The van der Waals surface area contributed by atoms with E-state index in [2.05, 4.69) is 11.1 Å². The van der Waals surface area contributed by atoms with Crippen LogP contribution in [0.1, 0.15) is 42.7 Å². The normalized spacial score (nSPS) is 18.9. The minimum Gasteiger partial charge on any atom is -0.475 e. The van der Waals surface area contributed by atoms with E-state index < -0.39 is 28.3 Å². The van der Waals surface area contributed by atoms with E-state index >= 15 is 0 Å². The van der Waals surface area contributed by atoms with Crippen molar-refractivity contribution in [3.8, 4) is 17.1 Å². The number of aromatic nitrogens is 1. The summed E-state index contributed by atoms with van der Waals surface area (Å²) in [6, 6.07) is 11.5. The number of hydrogen-bond donors (Lipinski definition) is 2. The van der Waals surface area contributed by atoms with Crippen LogP contribution >= 0.6 is 0 Å². The predicted molar refractivity (Wildman–Crippen MR) is 135 cm³/mol. The average molecular weight is 535 g/mol. The molecule has 0 spiro atoms. The maximum Gasteiger partial charge on any atom is 0.387 e. The van der Waals surface area contributed by atoms with Gasteiger partial charge in [0.05, 0.1) is 18.2 Å². The van der Waals surface area contributed by atoms with Gasteiger partial charge in [0.15, 0.2) is 0 Å². The van der Waals surface area contributed by atoms with Gasteiger partial charge in [-0.25, -0.2) is 4.98 Å². The highest BCUT2D eigenvalue weighted by Gasteiger charge is 2.34. The van der Waals surface area contributed by atoms with E-state index in [0.29, 0.717) is 44.8 Å². The third-order valence-electron chi connectivity index (χ3n) is 6.87. The third-order valence-corrected chi connectivity index (χ3v) is 8.24. The third kappa shape index (κ3) is 7.05. The summed E-state index contributed by atoms with van der Waals surface area (Å²) >= 11 is 0. The Hall–Kier alpha value is -2.57. The maximum absolute atomic E-state index is 12.7. The molecule has 0 radical (unpaired) electrons. The van der Waals surface area contributed by atoms with Gasteiger partial charge in [-0.2, -0.15) is 12.7 Å². The van der Waals surface area contributed by atoms with Crippen molar-refractivity contribution >= 4 is 16.3 Å². The first kappa shape index (κ1) is 27.5. The fraction of sp³-hybridized carbons (Fsp3) is 0.538. The smallest absolute Gasteiger partial charge is 0.387 e. The lowest BCUT2D eigenvalue weighted by molar-refractivity contribution is -0.141. The van der Waals surface area contributed by atoms with Crippen molar-refractivity contribution in [3.63, 3.8) is 0 Å². The quantitative estimate of drug-likeness (QED) is 0.496. The molecule has 2 aliphatic heterocycles. The lowest BCUT2D eigenvalue weighted by atomic mass is 9.88. The number of hydrogen-bond acceptors (Lipinski definition) is 9. The van der Waals surface area contributed by atoms with E-state index in [0.717, 1.165) is 22.4 Å². The molecule has 0 bridgehead atoms. The number of aliphatic hydroxyl groups is 2. The van der Waals surface area contributed by atoms with Gasteiger partial charge in [0.2, 0.25) is 5.88 Å². The summed E-state index contributed by atoms with van der Waals surface area (Å²) < 4.78 is 42.2. The monoisotopic (exact) mass is 534 g/mol. The summed E-state index contributed by atoms with van der Waals surface area (Å²) in [5.74, 6) is -0.576. The molecule has 2 aromatic rings. The molecule has 11 heteroatoms. The molecule has 3 heterocycles. The fourth-order valence-electron chi connectivity index (χ4n) is 4.68. The van der Waals surface area contributed by atoms with Crippen LogP contribution < -0.4 is 4.74 Å². The Labute approximate surface area is 217 Å². The molecule has 2 aliphatic rings. The van der Waals surface area contributed by atoms with Gasteiger partial charge in [0.1, 0.15) is 12.7 Å². The molecule has 0 amide bonds. The van der Waals surface area contributed by atoms with E-state index in [1.54, 1.807) is 6.07 Å². The van der Waals surface area contributed by atoms with Crippen molar-refractivity contribution in [1.29, 1.82) is 0 Å². The Morgan fingerprint density at radius 3 is 2.57 bits per heavy atom. The Kier molecular flexibility index (Phi) is 9.14. The number of benzene rings is 1. The molecule has 0 saturated carbocycles. The van der Waals surface area contributed by atoms with Crippen LogP contribution in [0, 0.1) is 12.8 Å². The molecule has 1 aromatic carbocycles. The number of piperidine rings is 1. The Bertz CT molecular complexity index is 1170. The lowest BCUT2D eigenvalue weighted by Gasteiger charge is -2.31. The van der Waals surface area contributed by atoms with Crippen molar-refractivity contribution in [1.82, 2.24) is 9.29 Å². The summed E-state index contributed by atoms with van der Waals surface area (Å²) in [7, 11) is -4.11. The first-order chi connectivity index (χ1) is 17.8. The molecule has 2 saturated heterocycles. The van der Waals surface area contributed by atoms with Crippen molar-refractivity contribution in [3.05, 3.63) is 47.5 Å². The largest absolute Gasteiger partial charge is 0.475 e. The number of nitrogens with zero attached hydrogens (tertiary/aromatic N) is 2. The second-order valence-corrected chi connectivity index (χ2v) is 11.0. The topological polar surface area (TPSA) is 135 Å². The first-order valence-electron chi connectivity index (χ1n) is 12.6. The van der Waals surface area contributed by atoms with Gasteiger partial charge in [0, 0.05) is 37.9 Å². The van der Waals surface area contributed by atoms with Gasteiger partial charge in [-0.15, -0.1) is 0 Å². The van der Waals surface area contributed by atoms with E-state index in [9.17, 15) is 18.3 Å². The summed E-state index contributed by atoms with van der Waals surface area (Å²) in [4.78, 5) is 16.8. The van der Waals surface area contributed by atoms with Crippen molar-refractivity contribution in [2.24, 2.45) is 5.92 Å². The van der Waals surface area contributed by atoms with Crippen LogP contribution in [0.2, 0.25) is 0 Å². The van der Waals surface area contributed by atoms with E-state index in [-0.39, 0.29) is 32.2 Å². The lowest BCUT2D eigenvalue weighted by Crippen LogP contribution is -2.41. The van der Waals surface area contributed by atoms with Crippen molar-refractivity contribution in [2.45, 2.75) is 44.6 Å². The number of carbonyl (C=O) groups excluding carboxylic acids is 1. The van der Waals surface area contributed by atoms with Crippen LogP contribution in [0.25, 0.3) is 11.3 Å². The van der Waals surface area contributed by atoms with E-state index in [1.165, 1.54) is 4.31 Å². The van der Waals surface area contributed by atoms with E-state index in [1.807, 2.05) is 31.2 Å². The molecule has 202 valence electrons. The van der Waals surface area contributed by atoms with Crippen LogP contribution in [0.4, 0.5) is 0 Å². The zero-order chi connectivity index (χ0) is 26.4. The zero-order valence-corrected chi connectivity index (χ0v) is 21.7. The second-order valence-electron chi connectivity index (χ2n) is 9.50. The number of carbonyl (C=O) groups is 1. The standard InChI is InChI=1S/C26H34N2O8S/c1-18-15-21(5-6-23(18)24-3-2-4-25(27-24)35-17-22(30)16-29)19-7-11-28(12-8-19)37(32,33)36-26(31)20-9-13-34-14-10-20/h2-6,15,19-20,22,29-30H,7-14,16-17H2,1H3/t22-/m0/s1. The molecule has 4 rings (SSSR count). The van der Waals surface area contributed by atoms with Crippen molar-refractivity contribution in [2.75, 3.05) is 39.5 Å². The average Bonchev–Trinajstić information content (AvgIpc) is 2.92. The number of rotatable bonds is 9. The summed E-state index contributed by atoms with van der Waals surface area (Å²) in [5.41, 5.74) is 3.82. The highest BCUT2D eigenvalue weighted by molar-refractivity contribution is 7.84. The minimum atomic E-state index is -4.11. The Balaban J connectivity index is 1.36. The maximum atomic E-state index is 12.7. The molecule has 0 unspecified atom stereocenters. The summed E-state index contributed by atoms with van der Waals surface area (Å²) in [6.45, 7) is 3.02. The van der Waals surface area contributed by atoms with Gasteiger partial charge < -0.3 is 23.9 Å². The Morgan fingerprint density at radius 1 is 1.16 bits per heavy atom. The number of pyridine rings is 1. The fourth-order valence-corrected chi connectivity index (χ4v) is 5.79. The van der Waals surface area contributed by atoms with Crippen LogP contribution in [-0.2, 0) is 24.0 Å². The first-order valence-corrected chi connectivity index (χ1v) is 13.9. The summed E-state index contributed by atoms with van der Waals surface area (Å²) in [5, 5.41) is 18.4.